The van der Waals surface area contributed by atoms with Crippen LogP contribution in [0.15, 0.2) is 48.5 Å². The van der Waals surface area contributed by atoms with E-state index < -0.39 is 11.8 Å². The lowest BCUT2D eigenvalue weighted by molar-refractivity contribution is 0.0950. The molecule has 0 saturated heterocycles. The Hall–Kier alpha value is -2.93. The minimum Gasteiger partial charge on any atom is -0.351 e. The van der Waals surface area contributed by atoms with Gasteiger partial charge < -0.3 is 20.9 Å². The molecular weight excluding hydrogens is 347 g/mol. The monoisotopic (exact) mass is 372 g/mol. The summed E-state index contributed by atoms with van der Waals surface area (Å²) < 4.78 is 13.2. The fourth-order valence-electron chi connectivity index (χ4n) is 2.60. The maximum atomic E-state index is 13.2. The summed E-state index contributed by atoms with van der Waals surface area (Å²) in [5, 5.41) is 8.05. The van der Waals surface area contributed by atoms with Crippen molar-refractivity contribution in [3.05, 3.63) is 59.9 Å². The Balaban J connectivity index is 1.97. The van der Waals surface area contributed by atoms with Crippen LogP contribution in [0.1, 0.15) is 24.2 Å². The number of halogens is 1. The van der Waals surface area contributed by atoms with Crippen molar-refractivity contribution in [2.24, 2.45) is 0 Å². The number of urea groups is 1. The maximum Gasteiger partial charge on any atom is 0.323 e. The van der Waals surface area contributed by atoms with Crippen LogP contribution in [-0.2, 0) is 0 Å². The van der Waals surface area contributed by atoms with Gasteiger partial charge in [-0.1, -0.05) is 32.0 Å². The molecule has 0 heterocycles. The van der Waals surface area contributed by atoms with Gasteiger partial charge in [-0.2, -0.15) is 0 Å². The second-order valence-electron chi connectivity index (χ2n) is 5.92. The van der Waals surface area contributed by atoms with Crippen LogP contribution >= 0.6 is 0 Å². The standard InChI is InChI=1S/C20H25FN4O2/c1-3-25(4-2)13-12-22-19(26)17-10-5-6-11-18(17)24-20(27)23-16-9-7-8-15(21)14-16/h5-11,14H,3-4,12-13H2,1-2H3,(H,22,26)(H2,23,24,27). The van der Waals surface area contributed by atoms with E-state index in [4.69, 9.17) is 0 Å². The van der Waals surface area contributed by atoms with Gasteiger partial charge in [0, 0.05) is 18.8 Å². The molecule has 2 aromatic rings. The number of para-hydroxylation sites is 1. The topological polar surface area (TPSA) is 73.5 Å². The van der Waals surface area contributed by atoms with Gasteiger partial charge in [0.2, 0.25) is 0 Å². The molecule has 0 saturated carbocycles. The number of hydrogen-bond acceptors (Lipinski definition) is 3. The van der Waals surface area contributed by atoms with Crippen molar-refractivity contribution in [3.63, 3.8) is 0 Å². The Bertz CT molecular complexity index is 778. The van der Waals surface area contributed by atoms with Gasteiger partial charge in [0.1, 0.15) is 5.82 Å². The summed E-state index contributed by atoms with van der Waals surface area (Å²) in [6.07, 6.45) is 0. The highest BCUT2D eigenvalue weighted by Gasteiger charge is 2.13. The molecule has 27 heavy (non-hydrogen) atoms. The molecule has 2 rings (SSSR count). The van der Waals surface area contributed by atoms with Crippen LogP contribution in [-0.4, -0.2) is 43.0 Å². The van der Waals surface area contributed by atoms with E-state index in [0.29, 0.717) is 23.5 Å². The highest BCUT2D eigenvalue weighted by atomic mass is 19.1. The van der Waals surface area contributed by atoms with Gasteiger partial charge in [-0.05, 0) is 43.4 Å². The molecule has 2 aromatic carbocycles. The lowest BCUT2D eigenvalue weighted by Gasteiger charge is -2.18. The number of likely N-dealkylation sites (N-methyl/N-ethyl adjacent to an activating group) is 1. The van der Waals surface area contributed by atoms with Gasteiger partial charge in [0.15, 0.2) is 0 Å². The quantitative estimate of drug-likeness (QED) is 0.664. The molecule has 0 spiro atoms. The highest BCUT2D eigenvalue weighted by molar-refractivity contribution is 6.06. The van der Waals surface area contributed by atoms with Crippen LogP contribution in [0.5, 0.6) is 0 Å². The molecule has 0 fully saturated rings. The molecule has 0 bridgehead atoms. The molecular formula is C20H25FN4O2. The number of nitrogens with zero attached hydrogens (tertiary/aromatic N) is 1. The van der Waals surface area contributed by atoms with Gasteiger partial charge in [0.25, 0.3) is 5.91 Å². The molecule has 0 radical (unpaired) electrons. The molecule has 3 N–H and O–H groups in total. The molecule has 0 aromatic heterocycles. The largest absolute Gasteiger partial charge is 0.351 e. The first-order valence-electron chi connectivity index (χ1n) is 8.96. The highest BCUT2D eigenvalue weighted by Crippen LogP contribution is 2.16. The van der Waals surface area contributed by atoms with E-state index in [0.717, 1.165) is 19.6 Å². The van der Waals surface area contributed by atoms with Crippen LogP contribution in [0.4, 0.5) is 20.6 Å². The fraction of sp³-hybridized carbons (Fsp3) is 0.300. The third-order valence-corrected chi connectivity index (χ3v) is 4.11. The number of carbonyl (C=O) groups excluding carboxylic acids is 2. The van der Waals surface area contributed by atoms with Crippen molar-refractivity contribution in [1.82, 2.24) is 10.2 Å². The second kappa shape index (κ2) is 10.3. The van der Waals surface area contributed by atoms with Gasteiger partial charge in [-0.3, -0.25) is 4.79 Å². The van der Waals surface area contributed by atoms with E-state index in [-0.39, 0.29) is 5.91 Å². The SMILES string of the molecule is CCN(CC)CCNC(=O)c1ccccc1NC(=O)Nc1cccc(F)c1. The fourth-order valence-corrected chi connectivity index (χ4v) is 2.60. The van der Waals surface area contributed by atoms with Crippen LogP contribution in [0.3, 0.4) is 0 Å². The van der Waals surface area contributed by atoms with E-state index in [2.05, 4.69) is 34.7 Å². The van der Waals surface area contributed by atoms with Crippen molar-refractivity contribution in [1.29, 1.82) is 0 Å². The zero-order valence-electron chi connectivity index (χ0n) is 15.6. The Morgan fingerprint density at radius 1 is 1.00 bits per heavy atom. The average Bonchev–Trinajstić information content (AvgIpc) is 2.65. The van der Waals surface area contributed by atoms with Crippen molar-refractivity contribution >= 4 is 23.3 Å². The second-order valence-corrected chi connectivity index (χ2v) is 5.92. The predicted octanol–water partition coefficient (Wildman–Crippen LogP) is 3.54. The summed E-state index contributed by atoms with van der Waals surface area (Å²) in [5.41, 5.74) is 1.08. The van der Waals surface area contributed by atoms with Crippen molar-refractivity contribution in [3.8, 4) is 0 Å². The summed E-state index contributed by atoms with van der Waals surface area (Å²) in [4.78, 5) is 26.8. The third kappa shape index (κ3) is 6.38. The summed E-state index contributed by atoms with van der Waals surface area (Å²) in [5.74, 6) is -0.704. The molecule has 0 aliphatic rings. The van der Waals surface area contributed by atoms with E-state index in [9.17, 15) is 14.0 Å². The molecule has 0 aliphatic carbocycles. The number of hydrogen-bond donors (Lipinski definition) is 3. The number of carbonyl (C=O) groups is 2. The van der Waals surface area contributed by atoms with Gasteiger partial charge in [0.05, 0.1) is 11.3 Å². The summed E-state index contributed by atoms with van der Waals surface area (Å²) in [6.45, 7) is 7.26. The zero-order chi connectivity index (χ0) is 19.6. The summed E-state index contributed by atoms with van der Waals surface area (Å²) in [7, 11) is 0. The van der Waals surface area contributed by atoms with Gasteiger partial charge >= 0.3 is 6.03 Å². The molecule has 144 valence electrons. The lowest BCUT2D eigenvalue weighted by Crippen LogP contribution is -2.35. The molecule has 0 aliphatic heterocycles. The van der Waals surface area contributed by atoms with E-state index in [1.54, 1.807) is 30.3 Å². The number of nitrogens with one attached hydrogen (secondary N) is 3. The number of anilines is 2. The van der Waals surface area contributed by atoms with Crippen LogP contribution in [0, 0.1) is 5.82 Å². The lowest BCUT2D eigenvalue weighted by atomic mass is 10.1. The molecule has 7 heteroatoms. The third-order valence-electron chi connectivity index (χ3n) is 4.11. The maximum absolute atomic E-state index is 13.2. The molecule has 0 atom stereocenters. The first-order chi connectivity index (χ1) is 13.0. The summed E-state index contributed by atoms with van der Waals surface area (Å²) in [6, 6.07) is 11.8. The Labute approximate surface area is 158 Å². The summed E-state index contributed by atoms with van der Waals surface area (Å²) >= 11 is 0. The number of rotatable bonds is 8. The minimum atomic E-state index is -0.552. The van der Waals surface area contributed by atoms with Crippen molar-refractivity contribution in [2.45, 2.75) is 13.8 Å². The van der Waals surface area contributed by atoms with Crippen LogP contribution < -0.4 is 16.0 Å². The Kier molecular flexibility index (Phi) is 7.76. The Morgan fingerprint density at radius 2 is 1.74 bits per heavy atom. The smallest absolute Gasteiger partial charge is 0.323 e. The Morgan fingerprint density at radius 3 is 2.44 bits per heavy atom. The van der Waals surface area contributed by atoms with Gasteiger partial charge in [-0.15, -0.1) is 0 Å². The molecule has 0 unspecified atom stereocenters. The first-order valence-corrected chi connectivity index (χ1v) is 8.96. The van der Waals surface area contributed by atoms with Crippen molar-refractivity contribution in [2.75, 3.05) is 36.8 Å². The normalized spacial score (nSPS) is 10.5. The molecule has 3 amide bonds. The first kappa shape index (κ1) is 20.4. The van der Waals surface area contributed by atoms with E-state index in [1.807, 2.05) is 0 Å². The zero-order valence-corrected chi connectivity index (χ0v) is 15.6. The average molecular weight is 372 g/mol. The van der Waals surface area contributed by atoms with Crippen molar-refractivity contribution < 1.29 is 14.0 Å². The van der Waals surface area contributed by atoms with E-state index >= 15 is 0 Å². The van der Waals surface area contributed by atoms with Crippen LogP contribution in [0.25, 0.3) is 0 Å². The number of benzene rings is 2. The van der Waals surface area contributed by atoms with Crippen LogP contribution in [0.2, 0.25) is 0 Å². The predicted molar refractivity (Wildman–Crippen MR) is 106 cm³/mol. The van der Waals surface area contributed by atoms with Gasteiger partial charge in [-0.25, -0.2) is 9.18 Å². The number of amides is 3. The van der Waals surface area contributed by atoms with E-state index in [1.165, 1.54) is 18.2 Å². The molecule has 6 nitrogen and oxygen atoms in total. The minimum absolute atomic E-state index is 0.260.